The number of rotatable bonds is 10. The Morgan fingerprint density at radius 2 is 1.57 bits per heavy atom. The first-order chi connectivity index (χ1) is 20.3. The van der Waals surface area contributed by atoms with Crippen molar-refractivity contribution in [1.82, 2.24) is 10.2 Å². The molecule has 4 rings (SSSR count). The van der Waals surface area contributed by atoms with E-state index in [0.717, 1.165) is 21.6 Å². The van der Waals surface area contributed by atoms with E-state index in [9.17, 15) is 24.3 Å². The predicted molar refractivity (Wildman–Crippen MR) is 155 cm³/mol. The van der Waals surface area contributed by atoms with Crippen molar-refractivity contribution in [2.75, 3.05) is 25.6 Å². The Balaban J connectivity index is 1.55. The number of hydrogen-bond donors (Lipinski definition) is 4. The molecule has 11 heteroatoms. The molecule has 0 saturated carbocycles. The Bertz CT molecular complexity index is 1350. The number of aryl methyl sites for hydroxylation is 1. The maximum absolute atomic E-state index is 13.9. The molecule has 0 aromatic heterocycles. The van der Waals surface area contributed by atoms with Crippen molar-refractivity contribution in [3.63, 3.8) is 0 Å². The molecular weight excluding hydrogens is 540 g/mol. The Morgan fingerprint density at radius 1 is 0.976 bits per heavy atom. The minimum absolute atomic E-state index is 0.00157. The maximum Gasteiger partial charge on any atom is 0.408 e. The van der Waals surface area contributed by atoms with E-state index in [0.29, 0.717) is 18.5 Å². The third-order valence-electron chi connectivity index (χ3n) is 7.24. The minimum atomic E-state index is -1.24. The molecule has 3 atom stereocenters. The van der Waals surface area contributed by atoms with Crippen molar-refractivity contribution in [3.8, 4) is 0 Å². The molecule has 0 radical (unpaired) electrons. The number of nitrogens with zero attached hydrogens (tertiary/aromatic N) is 1. The molecule has 0 spiro atoms. The Kier molecular flexibility index (Phi) is 10.1. The lowest BCUT2D eigenvalue weighted by Gasteiger charge is -2.36. The molecule has 220 valence electrons. The Morgan fingerprint density at radius 3 is 2.14 bits per heavy atom. The van der Waals surface area contributed by atoms with E-state index in [1.165, 1.54) is 7.11 Å². The highest BCUT2D eigenvalue weighted by atomic mass is 16.5. The average Bonchev–Trinajstić information content (AvgIpc) is 3.01. The van der Waals surface area contributed by atoms with Crippen molar-refractivity contribution >= 4 is 29.7 Å². The van der Waals surface area contributed by atoms with Gasteiger partial charge in [0.15, 0.2) is 0 Å². The van der Waals surface area contributed by atoms with Crippen LogP contribution in [0, 0.1) is 0 Å². The summed E-state index contributed by atoms with van der Waals surface area (Å²) in [6.07, 6.45) is -1.56. The van der Waals surface area contributed by atoms with Gasteiger partial charge in [-0.05, 0) is 35.6 Å². The van der Waals surface area contributed by atoms with Crippen LogP contribution in [0.2, 0.25) is 0 Å². The molecule has 0 unspecified atom stereocenters. The van der Waals surface area contributed by atoms with Crippen molar-refractivity contribution in [2.45, 2.75) is 36.9 Å². The SMILES string of the molecule is COC(=O)N[C@H](C(=O)Nc1ccccc1CC[C@@H]1CN(C(=O)O)[C@H](C(N)=O)CO1)C(c1ccccc1)c1ccccc1. The molecule has 11 nitrogen and oxygen atoms in total. The standard InChI is InChI=1S/C31H34N4O7/c1-41-30(38)34-27(26(21-11-4-2-5-12-21)22-13-6-3-7-14-22)29(37)33-24-15-9-8-10-20(24)16-17-23-18-35(31(39)40)25(19-42-23)28(32)36/h2-15,23,25-27H,16-19H2,1H3,(H2,32,36)(H,33,37)(H,34,38)(H,39,40)/t23-,25+,27+/m1/s1. The van der Waals surface area contributed by atoms with Gasteiger partial charge in [0.05, 0.1) is 26.4 Å². The molecule has 42 heavy (non-hydrogen) atoms. The summed E-state index contributed by atoms with van der Waals surface area (Å²) >= 11 is 0. The van der Waals surface area contributed by atoms with Gasteiger partial charge in [0.2, 0.25) is 11.8 Å². The number of amides is 4. The average molecular weight is 575 g/mol. The van der Waals surface area contributed by atoms with E-state index in [1.54, 1.807) is 12.1 Å². The Hall–Kier alpha value is -4.90. The molecule has 1 heterocycles. The highest BCUT2D eigenvalue weighted by molar-refractivity contribution is 5.98. The third kappa shape index (κ3) is 7.43. The molecule has 0 bridgehead atoms. The molecule has 3 aromatic rings. The van der Waals surface area contributed by atoms with Crippen molar-refractivity contribution in [2.24, 2.45) is 5.73 Å². The van der Waals surface area contributed by atoms with E-state index < -0.39 is 48.1 Å². The van der Waals surface area contributed by atoms with E-state index in [1.807, 2.05) is 72.8 Å². The predicted octanol–water partition coefficient (Wildman–Crippen LogP) is 3.35. The first-order valence-corrected chi connectivity index (χ1v) is 13.5. The molecule has 1 saturated heterocycles. The number of para-hydroxylation sites is 1. The number of ether oxygens (including phenoxy) is 2. The summed E-state index contributed by atoms with van der Waals surface area (Å²) in [6.45, 7) is -0.121. The second kappa shape index (κ2) is 14.1. The lowest BCUT2D eigenvalue weighted by atomic mass is 9.84. The van der Waals surface area contributed by atoms with Crippen LogP contribution in [0.5, 0.6) is 0 Å². The van der Waals surface area contributed by atoms with Crippen LogP contribution in [0.15, 0.2) is 84.9 Å². The van der Waals surface area contributed by atoms with Gasteiger partial charge in [-0.2, -0.15) is 0 Å². The quantitative estimate of drug-likeness (QED) is 0.289. The largest absolute Gasteiger partial charge is 0.465 e. The number of morpholine rings is 1. The number of alkyl carbamates (subject to hydrolysis) is 1. The number of nitrogens with two attached hydrogens (primary N) is 1. The van der Waals surface area contributed by atoms with Gasteiger partial charge in [-0.15, -0.1) is 0 Å². The molecule has 4 amide bonds. The summed E-state index contributed by atoms with van der Waals surface area (Å²) in [5, 5.41) is 15.2. The summed E-state index contributed by atoms with van der Waals surface area (Å²) < 4.78 is 10.6. The van der Waals surface area contributed by atoms with Crippen LogP contribution in [-0.4, -0.2) is 72.5 Å². The molecular formula is C31H34N4O7. The number of primary amides is 1. The Labute approximate surface area is 243 Å². The van der Waals surface area contributed by atoms with Gasteiger partial charge in [-0.25, -0.2) is 9.59 Å². The third-order valence-corrected chi connectivity index (χ3v) is 7.24. The van der Waals surface area contributed by atoms with Crippen LogP contribution in [0.25, 0.3) is 0 Å². The zero-order chi connectivity index (χ0) is 30.1. The number of benzene rings is 3. The summed E-state index contributed by atoms with van der Waals surface area (Å²) in [6, 6.07) is 24.0. The zero-order valence-electron chi connectivity index (χ0n) is 23.1. The summed E-state index contributed by atoms with van der Waals surface area (Å²) in [4.78, 5) is 50.6. The van der Waals surface area contributed by atoms with E-state index in [-0.39, 0.29) is 13.2 Å². The van der Waals surface area contributed by atoms with Gasteiger partial charge in [0.1, 0.15) is 12.1 Å². The number of hydrogen-bond acceptors (Lipinski definition) is 6. The number of methoxy groups -OCH3 is 1. The van der Waals surface area contributed by atoms with Gasteiger partial charge in [0, 0.05) is 11.6 Å². The minimum Gasteiger partial charge on any atom is -0.465 e. The molecule has 0 aliphatic carbocycles. The molecule has 5 N–H and O–H groups in total. The first-order valence-electron chi connectivity index (χ1n) is 13.5. The maximum atomic E-state index is 13.9. The summed E-state index contributed by atoms with van der Waals surface area (Å²) in [5.74, 6) is -1.72. The van der Waals surface area contributed by atoms with E-state index >= 15 is 0 Å². The highest BCUT2D eigenvalue weighted by Crippen LogP contribution is 2.30. The highest BCUT2D eigenvalue weighted by Gasteiger charge is 2.36. The van der Waals surface area contributed by atoms with Crippen molar-refractivity contribution < 1.29 is 33.8 Å². The van der Waals surface area contributed by atoms with Gasteiger partial charge in [-0.1, -0.05) is 78.9 Å². The first kappa shape index (κ1) is 30.1. The second-order valence-electron chi connectivity index (χ2n) is 9.91. The fourth-order valence-corrected chi connectivity index (χ4v) is 5.11. The molecule has 3 aromatic carbocycles. The lowest BCUT2D eigenvalue weighted by Crippen LogP contribution is -2.57. The van der Waals surface area contributed by atoms with Gasteiger partial charge in [0.25, 0.3) is 0 Å². The monoisotopic (exact) mass is 574 g/mol. The van der Waals surface area contributed by atoms with E-state index in [4.69, 9.17) is 15.2 Å². The summed E-state index contributed by atoms with van der Waals surface area (Å²) in [7, 11) is 1.24. The van der Waals surface area contributed by atoms with Crippen molar-refractivity contribution in [1.29, 1.82) is 0 Å². The van der Waals surface area contributed by atoms with Crippen LogP contribution in [0.1, 0.15) is 29.0 Å². The normalized spacial score (nSPS) is 17.2. The fourth-order valence-electron chi connectivity index (χ4n) is 5.11. The van der Waals surface area contributed by atoms with Crippen LogP contribution < -0.4 is 16.4 Å². The van der Waals surface area contributed by atoms with Crippen LogP contribution in [-0.2, 0) is 25.5 Å². The number of anilines is 1. The molecule has 1 aliphatic heterocycles. The van der Waals surface area contributed by atoms with Gasteiger partial charge >= 0.3 is 12.2 Å². The summed E-state index contributed by atoms with van der Waals surface area (Å²) in [5.41, 5.74) is 8.33. The van der Waals surface area contributed by atoms with E-state index in [2.05, 4.69) is 10.6 Å². The zero-order valence-corrected chi connectivity index (χ0v) is 23.1. The van der Waals surface area contributed by atoms with Gasteiger partial charge < -0.3 is 30.9 Å². The number of carbonyl (C=O) groups excluding carboxylic acids is 3. The van der Waals surface area contributed by atoms with Crippen molar-refractivity contribution in [3.05, 3.63) is 102 Å². The smallest absolute Gasteiger partial charge is 0.408 e. The topological polar surface area (TPSA) is 160 Å². The lowest BCUT2D eigenvalue weighted by molar-refractivity contribution is -0.132. The second-order valence-corrected chi connectivity index (χ2v) is 9.91. The van der Waals surface area contributed by atoms with Crippen LogP contribution in [0.3, 0.4) is 0 Å². The number of carboxylic acid groups (broad SMARTS) is 1. The van der Waals surface area contributed by atoms with Crippen LogP contribution >= 0.6 is 0 Å². The number of carbonyl (C=O) groups is 4. The van der Waals surface area contributed by atoms with Crippen LogP contribution in [0.4, 0.5) is 15.3 Å². The molecule has 1 fully saturated rings. The fraction of sp³-hybridized carbons (Fsp3) is 0.290. The van der Waals surface area contributed by atoms with Gasteiger partial charge in [-0.3, -0.25) is 14.5 Å². The number of nitrogens with one attached hydrogen (secondary N) is 2. The molecule has 1 aliphatic rings.